The second-order valence-corrected chi connectivity index (χ2v) is 13.5. The van der Waals surface area contributed by atoms with Crippen LogP contribution in [-0.2, 0) is 35.3 Å². The molecule has 0 aromatic heterocycles. The van der Waals surface area contributed by atoms with Crippen molar-refractivity contribution in [3.63, 3.8) is 0 Å². The van der Waals surface area contributed by atoms with Crippen LogP contribution in [0.2, 0.25) is 0 Å². The highest BCUT2D eigenvalue weighted by Crippen LogP contribution is 2.33. The number of rotatable bonds is 13. The van der Waals surface area contributed by atoms with Crippen molar-refractivity contribution < 1.29 is 38.4 Å². The van der Waals surface area contributed by atoms with Crippen LogP contribution in [0.1, 0.15) is 79.8 Å². The van der Waals surface area contributed by atoms with Gasteiger partial charge in [-0.25, -0.2) is 4.79 Å². The minimum atomic E-state index is -1.11. The molecule has 2 unspecified atom stereocenters. The second kappa shape index (κ2) is 16.4. The summed E-state index contributed by atoms with van der Waals surface area (Å²) in [5.74, 6) is -3.75. The number of carbonyl (C=O) groups is 8. The first-order valence-corrected chi connectivity index (χ1v) is 17.3. The van der Waals surface area contributed by atoms with Crippen molar-refractivity contribution in [3.8, 4) is 0 Å². The van der Waals surface area contributed by atoms with Gasteiger partial charge in [0.1, 0.15) is 18.1 Å². The average Bonchev–Trinajstić information content (AvgIpc) is 3.43. The number of hydrogen-bond acceptors (Lipinski definition) is 9. The largest absolute Gasteiger partial charge is 0.379 e. The number of Topliss-reactive ketones (excluding diaryl/α,β-unsaturated/α-hetero) is 2. The van der Waals surface area contributed by atoms with Gasteiger partial charge < -0.3 is 31.9 Å². The number of carbonyl (C=O) groups excluding carboxylic acids is 8. The highest BCUT2D eigenvalue weighted by atomic mass is 16.2. The summed E-state index contributed by atoms with van der Waals surface area (Å²) in [7, 11) is 0. The quantitative estimate of drug-likeness (QED) is 0.0765. The maximum absolute atomic E-state index is 13.8. The van der Waals surface area contributed by atoms with Gasteiger partial charge >= 0.3 is 6.03 Å². The number of nitrogens with zero attached hydrogens (tertiary/aromatic N) is 1. The minimum absolute atomic E-state index is 0.0173. The molecule has 1 saturated heterocycles. The third-order valence-electron chi connectivity index (χ3n) is 9.53. The summed E-state index contributed by atoms with van der Waals surface area (Å²) in [5.41, 5.74) is 7.17. The van der Waals surface area contributed by atoms with E-state index in [2.05, 4.69) is 26.6 Å². The Morgan fingerprint density at radius 2 is 1.67 bits per heavy atom. The van der Waals surface area contributed by atoms with Crippen molar-refractivity contribution in [2.45, 2.75) is 83.0 Å². The van der Waals surface area contributed by atoms with E-state index in [0.29, 0.717) is 16.8 Å². The van der Waals surface area contributed by atoms with Gasteiger partial charge in [0.05, 0.1) is 5.57 Å². The number of ketones is 2. The Bertz CT molecular complexity index is 1790. The van der Waals surface area contributed by atoms with E-state index in [-0.39, 0.29) is 80.6 Å². The Morgan fingerprint density at radius 3 is 2.33 bits per heavy atom. The molecule has 0 radical (unpaired) electrons. The number of piperidine rings is 1. The molecule has 1 aliphatic carbocycles. The summed E-state index contributed by atoms with van der Waals surface area (Å²) in [4.78, 5) is 104. The van der Waals surface area contributed by atoms with E-state index in [1.54, 1.807) is 32.0 Å². The monoisotopic (exact) mass is 713 g/mol. The topological polar surface area (TPSA) is 226 Å². The van der Waals surface area contributed by atoms with Crippen LogP contribution < -0.4 is 32.3 Å². The molecule has 2 fully saturated rings. The molecular formula is C37H43N7O8. The maximum atomic E-state index is 13.8. The van der Waals surface area contributed by atoms with Crippen LogP contribution in [0.15, 0.2) is 60.3 Å². The van der Waals surface area contributed by atoms with Crippen molar-refractivity contribution in [2.75, 3.05) is 11.9 Å². The summed E-state index contributed by atoms with van der Waals surface area (Å²) < 4.78 is 0. The third-order valence-corrected chi connectivity index (χ3v) is 9.53. The lowest BCUT2D eigenvalue weighted by molar-refractivity contribution is -0.137. The van der Waals surface area contributed by atoms with E-state index in [1.807, 2.05) is 30.3 Å². The molecule has 0 bridgehead atoms. The Morgan fingerprint density at radius 1 is 0.962 bits per heavy atom. The molecule has 2 aliphatic heterocycles. The molecule has 5 rings (SSSR count). The SMILES string of the molecule is CC(C)C(NC=C1C(=O)CC(c2ccccc2)CC1=O)C(=O)N[C@@H](CCCNC(N)=O)C(=O)Nc1cccc2c1CN(C1CCC(=O)NC1=O)C2=O. The molecule has 3 atom stereocenters. The van der Waals surface area contributed by atoms with Crippen LogP contribution in [0.4, 0.5) is 10.5 Å². The van der Waals surface area contributed by atoms with Gasteiger partial charge in [-0.2, -0.15) is 0 Å². The first-order valence-electron chi connectivity index (χ1n) is 17.3. The molecule has 52 heavy (non-hydrogen) atoms. The number of urea groups is 1. The fraction of sp³-hybridized carbons (Fsp3) is 0.405. The number of amides is 7. The highest BCUT2D eigenvalue weighted by Gasteiger charge is 2.40. The fourth-order valence-electron chi connectivity index (χ4n) is 6.73. The molecule has 15 nitrogen and oxygen atoms in total. The zero-order valence-corrected chi connectivity index (χ0v) is 29.0. The van der Waals surface area contributed by atoms with Crippen LogP contribution in [0.3, 0.4) is 0 Å². The Kier molecular flexibility index (Phi) is 11.8. The zero-order valence-electron chi connectivity index (χ0n) is 29.0. The van der Waals surface area contributed by atoms with Gasteiger partial charge in [-0.1, -0.05) is 50.2 Å². The van der Waals surface area contributed by atoms with E-state index in [4.69, 9.17) is 5.73 Å². The number of anilines is 1. The Balaban J connectivity index is 1.29. The molecule has 2 aromatic rings. The van der Waals surface area contributed by atoms with Gasteiger partial charge in [0.15, 0.2) is 11.6 Å². The highest BCUT2D eigenvalue weighted by molar-refractivity contribution is 6.22. The van der Waals surface area contributed by atoms with Gasteiger partial charge in [-0.05, 0) is 48.8 Å². The van der Waals surface area contributed by atoms with Gasteiger partial charge in [0, 0.05) is 55.4 Å². The Labute approximate surface area is 300 Å². The second-order valence-electron chi connectivity index (χ2n) is 13.5. The molecule has 7 amide bonds. The minimum Gasteiger partial charge on any atom is -0.379 e. The van der Waals surface area contributed by atoms with E-state index >= 15 is 0 Å². The third kappa shape index (κ3) is 8.71. The molecule has 1 saturated carbocycles. The van der Waals surface area contributed by atoms with Crippen molar-refractivity contribution in [2.24, 2.45) is 11.7 Å². The first kappa shape index (κ1) is 37.4. The number of nitrogens with one attached hydrogen (secondary N) is 5. The summed E-state index contributed by atoms with van der Waals surface area (Å²) in [6, 6.07) is 10.5. The number of imide groups is 1. The first-order chi connectivity index (χ1) is 24.8. The van der Waals surface area contributed by atoms with Crippen LogP contribution >= 0.6 is 0 Å². The van der Waals surface area contributed by atoms with Crippen molar-refractivity contribution in [1.29, 1.82) is 0 Å². The molecule has 3 aliphatic rings. The van der Waals surface area contributed by atoms with Crippen molar-refractivity contribution in [1.82, 2.24) is 26.2 Å². The van der Waals surface area contributed by atoms with Crippen LogP contribution in [0, 0.1) is 5.92 Å². The van der Waals surface area contributed by atoms with E-state index in [1.165, 1.54) is 11.1 Å². The average molecular weight is 714 g/mol. The standard InChI is InChI=1S/C37H43N7O8/c1-20(2)32(40-18-24-29(45)16-22(17-30(24)46)21-8-4-3-5-9-21)35(50)42-27(12-7-15-39-37(38)52)33(48)41-26-11-6-10-23-25(26)19-44(36(23)51)28-13-14-31(47)43-34(28)49/h3-6,8-11,18,20,22,27-28,32,40H,7,12-17,19H2,1-2H3,(H,41,48)(H,42,50)(H3,38,39,52)(H,43,47,49)/t22?,27-,28?,32?/m0/s1. The van der Waals surface area contributed by atoms with Crippen LogP contribution in [0.25, 0.3) is 0 Å². The smallest absolute Gasteiger partial charge is 0.312 e. The molecule has 274 valence electrons. The van der Waals surface area contributed by atoms with Crippen molar-refractivity contribution >= 4 is 52.8 Å². The van der Waals surface area contributed by atoms with E-state index in [9.17, 15) is 38.4 Å². The van der Waals surface area contributed by atoms with Gasteiger partial charge in [0.25, 0.3) is 5.91 Å². The summed E-state index contributed by atoms with van der Waals surface area (Å²) >= 11 is 0. The molecule has 15 heteroatoms. The molecule has 2 aromatic carbocycles. The van der Waals surface area contributed by atoms with Gasteiger partial charge in [-0.15, -0.1) is 0 Å². The number of primary amides is 1. The summed E-state index contributed by atoms with van der Waals surface area (Å²) in [6.07, 6.45) is 2.24. The molecule has 2 heterocycles. The van der Waals surface area contributed by atoms with Crippen LogP contribution in [-0.4, -0.2) is 76.7 Å². The number of allylic oxidation sites excluding steroid dienone is 1. The lowest BCUT2D eigenvalue weighted by Crippen LogP contribution is -2.52. The zero-order chi connectivity index (χ0) is 37.5. The van der Waals surface area contributed by atoms with E-state index < -0.39 is 53.7 Å². The maximum Gasteiger partial charge on any atom is 0.312 e. The fourth-order valence-corrected chi connectivity index (χ4v) is 6.73. The summed E-state index contributed by atoms with van der Waals surface area (Å²) in [6.45, 7) is 3.71. The predicted octanol–water partition coefficient (Wildman–Crippen LogP) is 1.53. The number of fused-ring (bicyclic) bond motifs is 1. The normalized spacial score (nSPS) is 19.8. The van der Waals surface area contributed by atoms with Gasteiger partial charge in [0.2, 0.25) is 23.6 Å². The van der Waals surface area contributed by atoms with Crippen molar-refractivity contribution in [3.05, 3.63) is 77.0 Å². The van der Waals surface area contributed by atoms with E-state index in [0.717, 1.165) is 5.56 Å². The summed E-state index contributed by atoms with van der Waals surface area (Å²) in [5, 5.41) is 13.3. The lowest BCUT2D eigenvalue weighted by atomic mass is 9.80. The lowest BCUT2D eigenvalue weighted by Gasteiger charge is -2.29. The van der Waals surface area contributed by atoms with Crippen LogP contribution in [0.5, 0.6) is 0 Å². The Hall–Kier alpha value is -5.86. The molecular weight excluding hydrogens is 670 g/mol. The molecule has 7 N–H and O–H groups in total. The van der Waals surface area contributed by atoms with Gasteiger partial charge in [-0.3, -0.25) is 38.9 Å². The molecule has 0 spiro atoms. The number of nitrogens with two attached hydrogens (primary N) is 1. The predicted molar refractivity (Wildman–Crippen MR) is 188 cm³/mol. The number of benzene rings is 2. The number of hydrogen-bond donors (Lipinski definition) is 6.